The van der Waals surface area contributed by atoms with Crippen molar-refractivity contribution in [1.29, 1.82) is 0 Å². The minimum Gasteiger partial charge on any atom is -0.426 e. The van der Waals surface area contributed by atoms with Gasteiger partial charge in [-0.3, -0.25) is 9.79 Å². The summed E-state index contributed by atoms with van der Waals surface area (Å²) in [5, 5.41) is 0. The third kappa shape index (κ3) is 5.40. The monoisotopic (exact) mass is 441 g/mol. The number of phosphoric acid groups is 1. The summed E-state index contributed by atoms with van der Waals surface area (Å²) in [5.74, 6) is 0.167. The zero-order valence-corrected chi connectivity index (χ0v) is 21.9. The van der Waals surface area contributed by atoms with Crippen molar-refractivity contribution in [2.75, 3.05) is 11.9 Å². The molecule has 0 saturated carbocycles. The molecule has 30 heavy (non-hydrogen) atoms. The number of hydrogen-bond donors (Lipinski definition) is 2. The molecular weight excluding hydrogens is 423 g/mol. The van der Waals surface area contributed by atoms with Crippen LogP contribution in [0.15, 0.2) is 84.8 Å². The maximum Gasteiger partial charge on any atom is 0.527 e. The average Bonchev–Trinajstić information content (AvgIpc) is 2.68. The van der Waals surface area contributed by atoms with Crippen molar-refractivity contribution in [1.82, 2.24) is 0 Å². The molecule has 1 aliphatic heterocycles. The van der Waals surface area contributed by atoms with E-state index in [1.54, 1.807) is 24.3 Å². The molecule has 4 rings (SSSR count). The van der Waals surface area contributed by atoms with Crippen LogP contribution in [0.5, 0.6) is 5.75 Å². The van der Waals surface area contributed by atoms with Gasteiger partial charge >= 0.3 is 13.8 Å². The third-order valence-electron chi connectivity index (χ3n) is 4.43. The van der Waals surface area contributed by atoms with Crippen molar-refractivity contribution in [3.63, 3.8) is 0 Å². The largest absolute Gasteiger partial charge is 0.527 e. The first-order valence-electron chi connectivity index (χ1n) is 8.59. The molecule has 0 aliphatic carbocycles. The van der Waals surface area contributed by atoms with Crippen LogP contribution >= 0.6 is 7.82 Å². The van der Waals surface area contributed by atoms with E-state index in [2.05, 4.69) is 0 Å². The first-order valence-corrected chi connectivity index (χ1v) is 10.1. The normalized spacial score (nSPS) is 12.0. The van der Waals surface area contributed by atoms with Crippen LogP contribution in [0, 0.1) is 0 Å². The Morgan fingerprint density at radius 3 is 1.77 bits per heavy atom. The van der Waals surface area contributed by atoms with Gasteiger partial charge in [0.25, 0.3) is 0 Å². The number of nitrogens with zero attached hydrogens (tertiary/aromatic N) is 1. The molecule has 2 N–H and O–H groups in total. The molecule has 9 heteroatoms. The summed E-state index contributed by atoms with van der Waals surface area (Å²) in [6.07, 6.45) is 0. The minimum atomic E-state index is -4.86. The first kappa shape index (κ1) is 25.2. The van der Waals surface area contributed by atoms with Crippen LogP contribution in [-0.4, -0.2) is 75.9 Å². The molecule has 2 radical (unpaired) electrons. The Morgan fingerprint density at radius 2 is 1.27 bits per heavy atom. The van der Waals surface area contributed by atoms with E-state index in [0.29, 0.717) is 11.3 Å². The second kappa shape index (κ2) is 10.5. The van der Waals surface area contributed by atoms with Crippen LogP contribution in [0.3, 0.4) is 0 Å². The van der Waals surface area contributed by atoms with E-state index >= 15 is 0 Å². The van der Waals surface area contributed by atoms with Crippen LogP contribution < -0.4 is 9.64 Å². The van der Waals surface area contributed by atoms with E-state index in [4.69, 9.17) is 9.26 Å². The van der Waals surface area contributed by atoms with Gasteiger partial charge in [0, 0.05) is 88.7 Å². The quantitative estimate of drug-likeness (QED) is 0.363. The minimum absolute atomic E-state index is 0. The van der Waals surface area contributed by atoms with E-state index in [0.717, 1.165) is 22.5 Å². The molecule has 0 spiro atoms. The van der Waals surface area contributed by atoms with E-state index < -0.39 is 7.82 Å². The van der Waals surface area contributed by atoms with Crippen LogP contribution in [-0.2, 0) is 9.09 Å². The Morgan fingerprint density at radius 1 is 0.800 bits per heavy atom. The maximum atomic E-state index is 11.7. The summed E-state index contributed by atoms with van der Waals surface area (Å²) in [5.41, 5.74) is 3.74. The molecule has 1 heterocycles. The summed E-state index contributed by atoms with van der Waals surface area (Å²) in [7, 11) is -2.92. The number of para-hydroxylation sites is 3. The van der Waals surface area contributed by atoms with Gasteiger partial charge in [-0.15, -0.1) is 0 Å². The number of rotatable bonds is 4. The molecule has 3 aromatic rings. The molecule has 1 aliphatic rings. The van der Waals surface area contributed by atoms with Gasteiger partial charge in [-0.1, -0.05) is 54.6 Å². The van der Waals surface area contributed by atoms with Gasteiger partial charge in [-0.2, -0.15) is 0 Å². The summed E-state index contributed by atoms with van der Waals surface area (Å²) in [4.78, 5) is 21.0. The summed E-state index contributed by atoms with van der Waals surface area (Å²) in [6, 6.07) is 23.9. The van der Waals surface area contributed by atoms with E-state index in [1.165, 1.54) is 0 Å². The maximum absolute atomic E-state index is 11.7. The fourth-order valence-corrected chi connectivity index (χ4v) is 3.61. The SMILES string of the molecule is CN1c2ccccc2C(=C(Oc2ccccc2)OP(=O)(O)O)c2ccccc21.[Na].[Na]. The molecule has 144 valence electrons. The Bertz CT molecular complexity index is 1050. The molecule has 0 aromatic heterocycles. The predicted octanol–water partition coefficient (Wildman–Crippen LogP) is 3.91. The van der Waals surface area contributed by atoms with Gasteiger partial charge in [0.1, 0.15) is 5.75 Å². The average molecular weight is 441 g/mol. The Balaban J connectivity index is 0.00000160. The second-order valence-electron chi connectivity index (χ2n) is 6.25. The number of benzene rings is 3. The van der Waals surface area contributed by atoms with Gasteiger partial charge in [-0.25, -0.2) is 4.57 Å². The topological polar surface area (TPSA) is 79.2 Å². The number of fused-ring (bicyclic) bond motifs is 2. The van der Waals surface area contributed by atoms with Crippen molar-refractivity contribution in [3.8, 4) is 5.75 Å². The van der Waals surface area contributed by atoms with Crippen LogP contribution in [0.1, 0.15) is 11.1 Å². The molecule has 0 amide bonds. The van der Waals surface area contributed by atoms with E-state index in [9.17, 15) is 14.4 Å². The van der Waals surface area contributed by atoms with Gasteiger partial charge < -0.3 is 14.2 Å². The van der Waals surface area contributed by atoms with Crippen molar-refractivity contribution in [3.05, 3.63) is 95.9 Å². The molecule has 0 unspecified atom stereocenters. The molecule has 0 bridgehead atoms. The standard InChI is InChI=1S/C21H18NO5P.2Na/c1-22-18-13-7-5-11-16(18)20(17-12-6-8-14-19(17)22)21(27-28(23,24)25)26-15-9-3-2-4-10-15;;/h2-14H,1H3,(H2,23,24,25);;. The number of hydrogen-bond acceptors (Lipinski definition) is 4. The van der Waals surface area contributed by atoms with Crippen LogP contribution in [0.25, 0.3) is 5.57 Å². The van der Waals surface area contributed by atoms with E-state index in [-0.39, 0.29) is 65.1 Å². The smallest absolute Gasteiger partial charge is 0.426 e. The van der Waals surface area contributed by atoms with Crippen LogP contribution in [0.4, 0.5) is 11.4 Å². The number of anilines is 2. The van der Waals surface area contributed by atoms with Crippen molar-refractivity contribution >= 4 is 83.9 Å². The summed E-state index contributed by atoms with van der Waals surface area (Å²) in [6.45, 7) is 0. The van der Waals surface area contributed by atoms with Gasteiger partial charge in [-0.05, 0) is 24.3 Å². The molecular formula is C21H18NNa2O5P. The fraction of sp³-hybridized carbons (Fsp3) is 0.0476. The summed E-state index contributed by atoms with van der Waals surface area (Å²) >= 11 is 0. The van der Waals surface area contributed by atoms with Crippen molar-refractivity contribution in [2.45, 2.75) is 0 Å². The first-order chi connectivity index (χ1) is 13.4. The van der Waals surface area contributed by atoms with E-state index in [1.807, 2.05) is 66.5 Å². The Labute approximate surface area is 219 Å². The summed E-state index contributed by atoms with van der Waals surface area (Å²) < 4.78 is 22.6. The molecule has 6 nitrogen and oxygen atoms in total. The van der Waals surface area contributed by atoms with Gasteiger partial charge in [0.2, 0.25) is 0 Å². The van der Waals surface area contributed by atoms with Crippen LogP contribution in [0.2, 0.25) is 0 Å². The van der Waals surface area contributed by atoms with Gasteiger partial charge in [0.05, 0.1) is 5.57 Å². The van der Waals surface area contributed by atoms with Crippen molar-refractivity contribution < 1.29 is 23.6 Å². The zero-order chi connectivity index (χ0) is 19.7. The third-order valence-corrected chi connectivity index (χ3v) is 4.83. The second-order valence-corrected chi connectivity index (χ2v) is 7.42. The fourth-order valence-electron chi connectivity index (χ4n) is 3.27. The molecule has 0 atom stereocenters. The number of ether oxygens (including phenoxy) is 1. The number of phosphoric ester groups is 1. The molecule has 0 fully saturated rings. The van der Waals surface area contributed by atoms with Gasteiger partial charge in [0.15, 0.2) is 0 Å². The molecule has 3 aromatic carbocycles. The zero-order valence-electron chi connectivity index (χ0n) is 17.0. The Hall–Kier alpha value is -1.05. The molecule has 0 saturated heterocycles. The Kier molecular flexibility index (Phi) is 8.83. The van der Waals surface area contributed by atoms with Crippen molar-refractivity contribution in [2.24, 2.45) is 0 Å². The predicted molar refractivity (Wildman–Crippen MR) is 119 cm³/mol.